The van der Waals surface area contributed by atoms with Gasteiger partial charge >= 0.3 is 0 Å². The Morgan fingerprint density at radius 2 is 2.53 bits per heavy atom. The molecule has 0 aliphatic heterocycles. The highest BCUT2D eigenvalue weighted by atomic mass is 32.1. The fourth-order valence-corrected chi connectivity index (χ4v) is 2.33. The lowest BCUT2D eigenvalue weighted by Crippen LogP contribution is -2.08. The average Bonchev–Trinajstić information content (AvgIpc) is 2.69. The van der Waals surface area contributed by atoms with Crippen molar-refractivity contribution in [2.75, 3.05) is 6.61 Å². The number of carbonyl (C=O) groups excluding carboxylic acids is 1. The fraction of sp³-hybridized carbons (Fsp3) is 0.182. The van der Waals surface area contributed by atoms with Crippen molar-refractivity contribution in [2.45, 2.75) is 6.92 Å². The molecule has 17 heavy (non-hydrogen) atoms. The number of nitrogens with zero attached hydrogens (tertiary/aromatic N) is 2. The van der Waals surface area contributed by atoms with E-state index in [9.17, 15) is 4.79 Å². The summed E-state index contributed by atoms with van der Waals surface area (Å²) in [5.41, 5.74) is 6.46. The summed E-state index contributed by atoms with van der Waals surface area (Å²) < 4.78 is 5.90. The van der Waals surface area contributed by atoms with Crippen LogP contribution in [0.5, 0.6) is 0 Å². The van der Waals surface area contributed by atoms with Crippen LogP contribution in [0, 0.1) is 0 Å². The number of carbonyl (C=O) groups is 1. The van der Waals surface area contributed by atoms with Crippen molar-refractivity contribution >= 4 is 39.5 Å². The molecule has 0 aliphatic rings. The summed E-state index contributed by atoms with van der Waals surface area (Å²) in [6.07, 6.45) is 2.96. The van der Waals surface area contributed by atoms with Crippen LogP contribution >= 0.6 is 11.3 Å². The van der Waals surface area contributed by atoms with Crippen LogP contribution in [0.1, 0.15) is 16.6 Å². The molecule has 0 aliphatic carbocycles. The van der Waals surface area contributed by atoms with Crippen molar-refractivity contribution in [2.24, 2.45) is 10.7 Å². The third kappa shape index (κ3) is 2.26. The van der Waals surface area contributed by atoms with E-state index in [-0.39, 0.29) is 0 Å². The lowest BCUT2D eigenvalue weighted by molar-refractivity contribution is 0.100. The van der Waals surface area contributed by atoms with Crippen molar-refractivity contribution in [1.82, 2.24) is 4.98 Å². The van der Waals surface area contributed by atoms with Crippen LogP contribution in [0.4, 0.5) is 5.69 Å². The predicted molar refractivity (Wildman–Crippen MR) is 67.9 cm³/mol. The SMILES string of the molecule is CCOC=Nc1c(C(N)=O)sc2cccnc12. The molecule has 0 fully saturated rings. The first-order valence-corrected chi connectivity index (χ1v) is 5.87. The normalized spacial score (nSPS) is 11.1. The van der Waals surface area contributed by atoms with Crippen molar-refractivity contribution in [1.29, 1.82) is 0 Å². The van der Waals surface area contributed by atoms with Crippen LogP contribution in [0.2, 0.25) is 0 Å². The van der Waals surface area contributed by atoms with Crippen LogP contribution in [0.15, 0.2) is 23.3 Å². The number of fused-ring (bicyclic) bond motifs is 1. The number of nitrogens with two attached hydrogens (primary N) is 1. The van der Waals surface area contributed by atoms with Crippen molar-refractivity contribution < 1.29 is 9.53 Å². The molecule has 0 aromatic carbocycles. The minimum atomic E-state index is -0.503. The van der Waals surface area contributed by atoms with E-state index in [0.717, 1.165) is 4.70 Å². The Kier molecular flexibility index (Phi) is 3.34. The molecule has 0 atom stereocenters. The van der Waals surface area contributed by atoms with E-state index < -0.39 is 5.91 Å². The first-order valence-electron chi connectivity index (χ1n) is 5.05. The topological polar surface area (TPSA) is 77.6 Å². The van der Waals surface area contributed by atoms with Crippen LogP contribution in [0.25, 0.3) is 10.2 Å². The minimum Gasteiger partial charge on any atom is -0.483 e. The Bertz CT molecular complexity index is 577. The van der Waals surface area contributed by atoms with Gasteiger partial charge in [0.25, 0.3) is 5.91 Å². The number of hydrogen-bond donors (Lipinski definition) is 1. The largest absolute Gasteiger partial charge is 0.483 e. The molecule has 6 heteroatoms. The van der Waals surface area contributed by atoms with E-state index in [1.54, 1.807) is 12.3 Å². The highest BCUT2D eigenvalue weighted by molar-refractivity contribution is 7.21. The lowest BCUT2D eigenvalue weighted by atomic mass is 10.3. The number of aliphatic imine (C=N–C) groups is 1. The molecule has 0 spiro atoms. The average molecular weight is 249 g/mol. The Balaban J connectivity index is 2.56. The van der Waals surface area contributed by atoms with Gasteiger partial charge in [0.15, 0.2) is 6.40 Å². The van der Waals surface area contributed by atoms with Gasteiger partial charge in [-0.1, -0.05) is 0 Å². The van der Waals surface area contributed by atoms with Gasteiger partial charge in [-0.05, 0) is 19.1 Å². The van der Waals surface area contributed by atoms with Crippen molar-refractivity contribution in [3.63, 3.8) is 0 Å². The maximum absolute atomic E-state index is 11.3. The predicted octanol–water partition coefficient (Wildman–Crippen LogP) is 2.09. The van der Waals surface area contributed by atoms with Crippen LogP contribution < -0.4 is 5.73 Å². The van der Waals surface area contributed by atoms with Gasteiger partial charge < -0.3 is 10.5 Å². The molecule has 2 N–H and O–H groups in total. The van der Waals surface area contributed by atoms with Crippen LogP contribution in [0.3, 0.4) is 0 Å². The Hall–Kier alpha value is -1.95. The van der Waals surface area contributed by atoms with Gasteiger partial charge in [0.2, 0.25) is 0 Å². The first-order chi connectivity index (χ1) is 8.24. The molecule has 0 unspecified atom stereocenters. The monoisotopic (exact) mass is 249 g/mol. The number of aromatic nitrogens is 1. The fourth-order valence-electron chi connectivity index (χ4n) is 1.37. The second-order valence-corrected chi connectivity index (χ2v) is 4.24. The molecule has 0 saturated heterocycles. The number of pyridine rings is 1. The van der Waals surface area contributed by atoms with Crippen LogP contribution in [-0.2, 0) is 4.74 Å². The molecule has 1 amide bonds. The van der Waals surface area contributed by atoms with Crippen molar-refractivity contribution in [3.05, 3.63) is 23.2 Å². The molecule has 0 bridgehead atoms. The van der Waals surface area contributed by atoms with Gasteiger partial charge in [-0.15, -0.1) is 11.3 Å². The lowest BCUT2D eigenvalue weighted by Gasteiger charge is -1.95. The highest BCUT2D eigenvalue weighted by Gasteiger charge is 2.16. The molecular formula is C11H11N3O2S. The van der Waals surface area contributed by atoms with E-state index in [1.165, 1.54) is 17.7 Å². The Labute approximate surface area is 102 Å². The Morgan fingerprint density at radius 1 is 1.71 bits per heavy atom. The molecule has 88 valence electrons. The maximum atomic E-state index is 11.3. The summed E-state index contributed by atoms with van der Waals surface area (Å²) in [5, 5.41) is 0. The summed E-state index contributed by atoms with van der Waals surface area (Å²) >= 11 is 1.28. The number of amides is 1. The molecule has 5 nitrogen and oxygen atoms in total. The van der Waals surface area contributed by atoms with Gasteiger partial charge in [-0.2, -0.15) is 0 Å². The molecule has 2 aromatic rings. The van der Waals surface area contributed by atoms with E-state index in [0.29, 0.717) is 22.7 Å². The zero-order valence-electron chi connectivity index (χ0n) is 9.21. The number of primary amides is 1. The zero-order chi connectivity index (χ0) is 12.3. The quantitative estimate of drug-likeness (QED) is 0.665. The summed E-state index contributed by atoms with van der Waals surface area (Å²) in [6.45, 7) is 2.37. The van der Waals surface area contributed by atoms with Gasteiger partial charge in [0, 0.05) is 6.20 Å². The molecule has 0 radical (unpaired) electrons. The summed E-state index contributed by atoms with van der Waals surface area (Å²) in [4.78, 5) is 20.0. The second kappa shape index (κ2) is 4.92. The molecule has 2 aromatic heterocycles. The third-order valence-electron chi connectivity index (χ3n) is 2.07. The van der Waals surface area contributed by atoms with E-state index >= 15 is 0 Å². The van der Waals surface area contributed by atoms with Gasteiger partial charge in [0.05, 0.1) is 11.3 Å². The zero-order valence-corrected chi connectivity index (χ0v) is 10.0. The summed E-state index contributed by atoms with van der Waals surface area (Å²) in [6, 6.07) is 3.68. The second-order valence-electron chi connectivity index (χ2n) is 3.18. The first kappa shape index (κ1) is 11.5. The number of ether oxygens (including phenoxy) is 1. The highest BCUT2D eigenvalue weighted by Crippen LogP contribution is 2.35. The number of rotatable bonds is 4. The summed E-state index contributed by atoms with van der Waals surface area (Å²) in [5.74, 6) is -0.503. The standard InChI is InChI=1S/C11H11N3O2S/c1-2-16-6-14-9-8-7(4-3-5-13-8)17-10(9)11(12)15/h3-6H,2H2,1H3,(H2,12,15). The Morgan fingerprint density at radius 3 is 3.24 bits per heavy atom. The van der Waals surface area contributed by atoms with Gasteiger partial charge in [-0.25, -0.2) is 4.99 Å². The maximum Gasteiger partial charge on any atom is 0.261 e. The van der Waals surface area contributed by atoms with E-state index in [1.807, 2.05) is 13.0 Å². The smallest absolute Gasteiger partial charge is 0.261 e. The van der Waals surface area contributed by atoms with Crippen molar-refractivity contribution in [3.8, 4) is 0 Å². The molecule has 0 saturated carbocycles. The molecule has 2 rings (SSSR count). The number of hydrogen-bond acceptors (Lipinski definition) is 5. The minimum absolute atomic E-state index is 0.398. The molecule has 2 heterocycles. The van der Waals surface area contributed by atoms with E-state index in [4.69, 9.17) is 10.5 Å². The summed E-state index contributed by atoms with van der Waals surface area (Å²) in [7, 11) is 0. The van der Waals surface area contributed by atoms with Gasteiger partial charge in [0.1, 0.15) is 16.1 Å². The van der Waals surface area contributed by atoms with E-state index in [2.05, 4.69) is 9.98 Å². The van der Waals surface area contributed by atoms with Crippen LogP contribution in [-0.4, -0.2) is 23.9 Å². The van der Waals surface area contributed by atoms with Gasteiger partial charge in [-0.3, -0.25) is 9.78 Å². The number of thiophene rings is 1. The third-order valence-corrected chi connectivity index (χ3v) is 3.22. The molecular weight excluding hydrogens is 238 g/mol.